The molecule has 0 atom stereocenters. The Balaban J connectivity index is 2.14. The van der Waals surface area contributed by atoms with Crippen molar-refractivity contribution in [1.82, 2.24) is 10.1 Å². The molecule has 2 heterocycles. The molecule has 0 amide bonds. The molecular formula is C15H9ClN2O6. The van der Waals surface area contributed by atoms with Gasteiger partial charge in [0.1, 0.15) is 5.69 Å². The highest BCUT2D eigenvalue weighted by Gasteiger charge is 2.26. The van der Waals surface area contributed by atoms with E-state index in [1.54, 1.807) is 12.1 Å². The third kappa shape index (κ3) is 2.74. The van der Waals surface area contributed by atoms with Gasteiger partial charge in [-0.3, -0.25) is 9.59 Å². The second-order valence-corrected chi connectivity index (χ2v) is 5.26. The van der Waals surface area contributed by atoms with Crippen LogP contribution in [0.15, 0.2) is 28.8 Å². The third-order valence-corrected chi connectivity index (χ3v) is 3.37. The van der Waals surface area contributed by atoms with Gasteiger partial charge in [-0.15, -0.1) is 0 Å². The van der Waals surface area contributed by atoms with Crippen LogP contribution in [0.1, 0.15) is 33.7 Å². The number of hydrogen-bond donors (Lipinski definition) is 2. The maximum Gasteiger partial charge on any atom is 0.358 e. The molecule has 24 heavy (non-hydrogen) atoms. The van der Waals surface area contributed by atoms with E-state index in [1.165, 1.54) is 13.0 Å². The third-order valence-electron chi connectivity index (χ3n) is 3.14. The van der Waals surface area contributed by atoms with E-state index in [9.17, 15) is 14.4 Å². The molecule has 0 radical (unpaired) electrons. The van der Waals surface area contributed by atoms with Crippen LogP contribution in [0.2, 0.25) is 5.02 Å². The first-order valence-corrected chi connectivity index (χ1v) is 6.99. The number of benzene rings is 1. The Morgan fingerprint density at radius 2 is 2.04 bits per heavy atom. The molecule has 8 nitrogen and oxygen atoms in total. The van der Waals surface area contributed by atoms with Crippen LogP contribution in [0.3, 0.4) is 0 Å². The van der Waals surface area contributed by atoms with Crippen molar-refractivity contribution in [3.05, 3.63) is 46.4 Å². The predicted molar refractivity (Wildman–Crippen MR) is 81.5 cm³/mol. The number of carboxylic acids is 1. The summed E-state index contributed by atoms with van der Waals surface area (Å²) < 4.78 is 9.88. The fourth-order valence-electron chi connectivity index (χ4n) is 2.16. The number of aromatic carboxylic acids is 1. The number of esters is 1. The maximum absolute atomic E-state index is 12.6. The molecule has 2 aromatic heterocycles. The molecule has 9 heteroatoms. The molecule has 3 aromatic rings. The lowest BCUT2D eigenvalue weighted by molar-refractivity contribution is -0.131. The molecule has 122 valence electrons. The van der Waals surface area contributed by atoms with Crippen LogP contribution >= 0.6 is 11.6 Å². The van der Waals surface area contributed by atoms with Crippen molar-refractivity contribution in [2.45, 2.75) is 6.92 Å². The summed E-state index contributed by atoms with van der Waals surface area (Å²) in [6.07, 6.45) is 0. The van der Waals surface area contributed by atoms with E-state index >= 15 is 0 Å². The van der Waals surface area contributed by atoms with Crippen molar-refractivity contribution in [3.63, 3.8) is 0 Å². The molecule has 0 spiro atoms. The van der Waals surface area contributed by atoms with Crippen molar-refractivity contribution in [3.8, 4) is 5.75 Å². The molecule has 0 saturated heterocycles. The van der Waals surface area contributed by atoms with Crippen molar-refractivity contribution < 1.29 is 28.8 Å². The lowest BCUT2D eigenvalue weighted by atomic mass is 10.1. The van der Waals surface area contributed by atoms with Crippen molar-refractivity contribution >= 4 is 40.2 Å². The average Bonchev–Trinajstić information content (AvgIpc) is 3.12. The molecule has 0 unspecified atom stereocenters. The van der Waals surface area contributed by atoms with Crippen LogP contribution in [-0.4, -0.2) is 33.0 Å². The molecule has 2 N–H and O–H groups in total. The second kappa shape index (κ2) is 5.82. The zero-order valence-electron chi connectivity index (χ0n) is 12.1. The minimum atomic E-state index is -1.33. The van der Waals surface area contributed by atoms with Gasteiger partial charge in [0.05, 0.1) is 0 Å². The Morgan fingerprint density at radius 1 is 1.29 bits per heavy atom. The Labute approximate surface area is 139 Å². The standard InChI is InChI=1S/C15H9ClN2O6/c1-6(19)23-14-8-4-7(16)2-3-9(8)17-12(14)13(20)11-5-10(15(21)22)18-24-11/h2-5,17H,1H3,(H,21,22). The number of ether oxygens (including phenoxy) is 1. The first-order chi connectivity index (χ1) is 11.4. The van der Waals surface area contributed by atoms with E-state index in [4.69, 9.17) is 26.0 Å². The molecular weight excluding hydrogens is 340 g/mol. The molecule has 0 aliphatic heterocycles. The van der Waals surface area contributed by atoms with Gasteiger partial charge < -0.3 is 19.4 Å². The number of rotatable bonds is 4. The average molecular weight is 349 g/mol. The van der Waals surface area contributed by atoms with E-state index in [0.29, 0.717) is 15.9 Å². The Kier molecular flexibility index (Phi) is 3.82. The monoisotopic (exact) mass is 348 g/mol. The van der Waals surface area contributed by atoms with Crippen LogP contribution in [0.5, 0.6) is 5.75 Å². The molecule has 1 aromatic carbocycles. The number of aromatic nitrogens is 2. The number of fused-ring (bicyclic) bond motifs is 1. The molecule has 0 bridgehead atoms. The Bertz CT molecular complexity index is 987. The normalized spacial score (nSPS) is 10.8. The van der Waals surface area contributed by atoms with Crippen LogP contribution in [-0.2, 0) is 4.79 Å². The first-order valence-electron chi connectivity index (χ1n) is 6.61. The van der Waals surface area contributed by atoms with Crippen LogP contribution in [0.4, 0.5) is 0 Å². The molecule has 0 aliphatic carbocycles. The minimum absolute atomic E-state index is 0.0155. The van der Waals surface area contributed by atoms with E-state index in [1.807, 2.05) is 0 Å². The second-order valence-electron chi connectivity index (χ2n) is 4.82. The number of carbonyl (C=O) groups is 3. The number of carboxylic acid groups (broad SMARTS) is 1. The summed E-state index contributed by atoms with van der Waals surface area (Å²) in [7, 11) is 0. The number of carbonyl (C=O) groups excluding carboxylic acids is 2. The summed E-state index contributed by atoms with van der Waals surface area (Å²) in [5.74, 6) is -2.99. The van der Waals surface area contributed by atoms with Crippen LogP contribution < -0.4 is 4.74 Å². The van der Waals surface area contributed by atoms with E-state index in [2.05, 4.69) is 10.1 Å². The van der Waals surface area contributed by atoms with Crippen LogP contribution in [0.25, 0.3) is 10.9 Å². The van der Waals surface area contributed by atoms with Gasteiger partial charge in [0, 0.05) is 28.9 Å². The lowest BCUT2D eigenvalue weighted by Gasteiger charge is -2.02. The van der Waals surface area contributed by atoms with E-state index in [0.717, 1.165) is 6.07 Å². The van der Waals surface area contributed by atoms with E-state index in [-0.39, 0.29) is 17.2 Å². The highest BCUT2D eigenvalue weighted by molar-refractivity contribution is 6.31. The topological polar surface area (TPSA) is 122 Å². The van der Waals surface area contributed by atoms with E-state index < -0.39 is 23.4 Å². The Hall–Kier alpha value is -3.13. The van der Waals surface area contributed by atoms with Crippen molar-refractivity contribution in [2.75, 3.05) is 0 Å². The largest absolute Gasteiger partial charge is 0.476 e. The van der Waals surface area contributed by atoms with Gasteiger partial charge >= 0.3 is 11.9 Å². The molecule has 0 fully saturated rings. The number of nitrogens with zero attached hydrogens (tertiary/aromatic N) is 1. The number of aromatic amines is 1. The smallest absolute Gasteiger partial charge is 0.358 e. The minimum Gasteiger partial charge on any atom is -0.476 e. The van der Waals surface area contributed by atoms with Crippen LogP contribution in [0, 0.1) is 0 Å². The fourth-order valence-corrected chi connectivity index (χ4v) is 2.33. The predicted octanol–water partition coefficient (Wildman–Crippen LogP) is 2.66. The fraction of sp³-hybridized carbons (Fsp3) is 0.0667. The molecule has 0 saturated carbocycles. The van der Waals surface area contributed by atoms with Gasteiger partial charge in [0.2, 0.25) is 5.76 Å². The van der Waals surface area contributed by atoms with Crippen molar-refractivity contribution in [1.29, 1.82) is 0 Å². The lowest BCUT2D eigenvalue weighted by Crippen LogP contribution is -2.07. The number of hydrogen-bond acceptors (Lipinski definition) is 6. The highest BCUT2D eigenvalue weighted by atomic mass is 35.5. The van der Waals surface area contributed by atoms with Gasteiger partial charge in [0.25, 0.3) is 5.78 Å². The van der Waals surface area contributed by atoms with Gasteiger partial charge in [-0.2, -0.15) is 0 Å². The van der Waals surface area contributed by atoms with Gasteiger partial charge in [-0.05, 0) is 18.2 Å². The van der Waals surface area contributed by atoms with Gasteiger partial charge in [0.15, 0.2) is 11.4 Å². The zero-order chi connectivity index (χ0) is 17.4. The quantitative estimate of drug-likeness (QED) is 0.548. The Morgan fingerprint density at radius 3 is 2.67 bits per heavy atom. The van der Waals surface area contributed by atoms with Gasteiger partial charge in [-0.25, -0.2) is 4.79 Å². The summed E-state index contributed by atoms with van der Waals surface area (Å²) in [5.41, 5.74) is 0.0269. The molecule has 0 aliphatic rings. The summed E-state index contributed by atoms with van der Waals surface area (Å²) in [6.45, 7) is 1.19. The highest BCUT2D eigenvalue weighted by Crippen LogP contribution is 2.33. The summed E-state index contributed by atoms with van der Waals surface area (Å²) >= 11 is 5.94. The SMILES string of the molecule is CC(=O)Oc1c(C(=O)c2cc(C(=O)O)no2)[nH]c2ccc(Cl)cc12. The number of halogens is 1. The molecule has 3 rings (SSSR count). The van der Waals surface area contributed by atoms with Crippen molar-refractivity contribution in [2.24, 2.45) is 0 Å². The number of H-pyrrole nitrogens is 1. The summed E-state index contributed by atoms with van der Waals surface area (Å²) in [5, 5.41) is 12.9. The summed E-state index contributed by atoms with van der Waals surface area (Å²) in [4.78, 5) is 37.6. The zero-order valence-corrected chi connectivity index (χ0v) is 12.9. The number of nitrogens with one attached hydrogen (secondary N) is 1. The summed E-state index contributed by atoms with van der Waals surface area (Å²) in [6, 6.07) is 5.74. The first kappa shape index (κ1) is 15.8. The number of ketones is 1. The van der Waals surface area contributed by atoms with Gasteiger partial charge in [-0.1, -0.05) is 16.8 Å². The maximum atomic E-state index is 12.6.